The lowest BCUT2D eigenvalue weighted by atomic mass is 10.0. The summed E-state index contributed by atoms with van der Waals surface area (Å²) in [6.07, 6.45) is 1.73. The van der Waals surface area contributed by atoms with Crippen molar-refractivity contribution < 1.29 is 14.3 Å². The first-order valence-corrected chi connectivity index (χ1v) is 8.76. The summed E-state index contributed by atoms with van der Waals surface area (Å²) in [5, 5.41) is 6.51. The topological polar surface area (TPSA) is 59.6 Å². The van der Waals surface area contributed by atoms with E-state index in [4.69, 9.17) is 32.7 Å². The Bertz CT molecular complexity index is 837. The lowest BCUT2D eigenvalue weighted by Crippen LogP contribution is -2.38. The number of amides is 2. The van der Waals surface area contributed by atoms with Crippen LogP contribution in [0.25, 0.3) is 0 Å². The molecule has 0 bridgehead atoms. The zero-order valence-corrected chi connectivity index (χ0v) is 14.8. The molecule has 0 unspecified atom stereocenters. The van der Waals surface area contributed by atoms with Crippen molar-refractivity contribution in [3.63, 3.8) is 0 Å². The predicted molar refractivity (Wildman–Crippen MR) is 97.0 cm³/mol. The number of benzene rings is 2. The molecule has 0 atom stereocenters. The lowest BCUT2D eigenvalue weighted by Gasteiger charge is -2.23. The van der Waals surface area contributed by atoms with Gasteiger partial charge in [0.2, 0.25) is 0 Å². The van der Waals surface area contributed by atoms with Crippen LogP contribution < -0.4 is 20.1 Å². The molecule has 2 N–H and O–H groups in total. The molecule has 2 aliphatic rings. The van der Waals surface area contributed by atoms with Crippen LogP contribution in [0.4, 0.5) is 10.5 Å². The third-order valence-electron chi connectivity index (χ3n) is 4.40. The summed E-state index contributed by atoms with van der Waals surface area (Å²) in [7, 11) is 0. The van der Waals surface area contributed by atoms with Gasteiger partial charge in [0.1, 0.15) is 13.2 Å². The summed E-state index contributed by atoms with van der Waals surface area (Å²) in [6, 6.07) is 10.6. The van der Waals surface area contributed by atoms with Gasteiger partial charge in [0.05, 0.1) is 21.3 Å². The average molecular weight is 379 g/mol. The normalized spacial score (nSPS) is 16.9. The largest absolute Gasteiger partial charge is 0.486 e. The quantitative estimate of drug-likeness (QED) is 0.821. The van der Waals surface area contributed by atoms with Gasteiger partial charge in [-0.15, -0.1) is 0 Å². The van der Waals surface area contributed by atoms with Crippen molar-refractivity contribution in [2.45, 2.75) is 18.4 Å². The van der Waals surface area contributed by atoms with E-state index in [9.17, 15) is 4.79 Å². The number of ether oxygens (including phenoxy) is 2. The van der Waals surface area contributed by atoms with Crippen LogP contribution in [0.3, 0.4) is 0 Å². The van der Waals surface area contributed by atoms with Crippen molar-refractivity contribution in [3.05, 3.63) is 52.0 Å². The third-order valence-corrected chi connectivity index (χ3v) is 5.22. The molecular weight excluding hydrogens is 363 g/mol. The number of fused-ring (bicyclic) bond motifs is 1. The summed E-state index contributed by atoms with van der Waals surface area (Å²) < 4.78 is 11.2. The van der Waals surface area contributed by atoms with Gasteiger partial charge >= 0.3 is 6.03 Å². The van der Waals surface area contributed by atoms with E-state index in [1.807, 2.05) is 18.2 Å². The summed E-state index contributed by atoms with van der Waals surface area (Å²) in [5.74, 6) is 1.45. The fraction of sp³-hybridized carbons (Fsp3) is 0.278. The lowest BCUT2D eigenvalue weighted by molar-refractivity contribution is 0.171. The van der Waals surface area contributed by atoms with Crippen LogP contribution in [-0.4, -0.2) is 19.2 Å². The van der Waals surface area contributed by atoms with Crippen LogP contribution in [-0.2, 0) is 5.54 Å². The maximum atomic E-state index is 12.4. The fourth-order valence-corrected chi connectivity index (χ4v) is 3.27. The summed E-state index contributed by atoms with van der Waals surface area (Å²) in [6.45, 7) is 1.09. The predicted octanol–water partition coefficient (Wildman–Crippen LogP) is 4.58. The number of anilines is 1. The van der Waals surface area contributed by atoms with Crippen LogP contribution in [0, 0.1) is 0 Å². The molecule has 0 aromatic heterocycles. The molecule has 5 nitrogen and oxygen atoms in total. The molecule has 0 spiro atoms. The molecule has 130 valence electrons. The first kappa shape index (κ1) is 16.4. The van der Waals surface area contributed by atoms with Gasteiger partial charge in [-0.2, -0.15) is 0 Å². The Morgan fingerprint density at radius 3 is 2.56 bits per heavy atom. The van der Waals surface area contributed by atoms with Gasteiger partial charge < -0.3 is 20.1 Å². The average Bonchev–Trinajstić information content (AvgIpc) is 3.39. The number of urea groups is 1. The minimum absolute atomic E-state index is 0.323. The summed E-state index contributed by atoms with van der Waals surface area (Å²) >= 11 is 12.1. The number of nitrogens with one attached hydrogen (secondary N) is 2. The third kappa shape index (κ3) is 3.22. The molecule has 1 fully saturated rings. The smallest absolute Gasteiger partial charge is 0.319 e. The van der Waals surface area contributed by atoms with Gasteiger partial charge in [-0.3, -0.25) is 0 Å². The maximum Gasteiger partial charge on any atom is 0.319 e. The van der Waals surface area contributed by atoms with Crippen LogP contribution in [0.15, 0.2) is 36.4 Å². The standard InChI is InChI=1S/C18H16Cl2N2O3/c19-12-2-1-3-13(16(12)20)21-17(23)22-18(6-7-18)11-4-5-14-15(10-11)25-9-8-24-14/h1-5,10H,6-9H2,(H2,21,22,23). The van der Waals surface area contributed by atoms with E-state index >= 15 is 0 Å². The van der Waals surface area contributed by atoms with Crippen molar-refractivity contribution >= 4 is 34.9 Å². The molecule has 25 heavy (non-hydrogen) atoms. The van der Waals surface area contributed by atoms with E-state index in [1.54, 1.807) is 18.2 Å². The molecule has 2 aromatic rings. The zero-order chi connectivity index (χ0) is 17.4. The van der Waals surface area contributed by atoms with Crippen LogP contribution in [0.1, 0.15) is 18.4 Å². The van der Waals surface area contributed by atoms with Gasteiger partial charge in [0, 0.05) is 0 Å². The van der Waals surface area contributed by atoms with E-state index < -0.39 is 0 Å². The molecule has 2 aromatic carbocycles. The van der Waals surface area contributed by atoms with E-state index in [0.717, 1.165) is 29.9 Å². The molecule has 0 radical (unpaired) electrons. The molecule has 1 heterocycles. The molecule has 2 amide bonds. The Balaban J connectivity index is 1.50. The van der Waals surface area contributed by atoms with Gasteiger partial charge in [0.25, 0.3) is 0 Å². The maximum absolute atomic E-state index is 12.4. The molecule has 4 rings (SSSR count). The molecular formula is C18H16Cl2N2O3. The number of carbonyl (C=O) groups is 1. The minimum Gasteiger partial charge on any atom is -0.486 e. The second kappa shape index (κ2) is 6.32. The summed E-state index contributed by atoms with van der Waals surface area (Å²) in [4.78, 5) is 12.4. The molecule has 0 saturated heterocycles. The van der Waals surface area contributed by atoms with E-state index in [1.165, 1.54) is 0 Å². The Hall–Kier alpha value is -2.11. The summed E-state index contributed by atoms with van der Waals surface area (Å²) in [5.41, 5.74) is 1.10. The van der Waals surface area contributed by atoms with Crippen molar-refractivity contribution in [3.8, 4) is 11.5 Å². The molecule has 1 aliphatic heterocycles. The second-order valence-electron chi connectivity index (χ2n) is 6.12. The minimum atomic E-state index is -0.384. The van der Waals surface area contributed by atoms with Crippen LogP contribution >= 0.6 is 23.2 Å². The Kier molecular flexibility index (Phi) is 4.13. The number of hydrogen-bond acceptors (Lipinski definition) is 3. The van der Waals surface area contributed by atoms with Gasteiger partial charge in [-0.1, -0.05) is 35.3 Å². The SMILES string of the molecule is O=C(Nc1cccc(Cl)c1Cl)NC1(c2ccc3c(c2)OCCO3)CC1. The van der Waals surface area contributed by atoms with Gasteiger partial charge in [0.15, 0.2) is 11.5 Å². The number of hydrogen-bond donors (Lipinski definition) is 2. The van der Waals surface area contributed by atoms with Gasteiger partial charge in [-0.05, 0) is 42.7 Å². The van der Waals surface area contributed by atoms with Crippen molar-refractivity contribution in [1.29, 1.82) is 0 Å². The first-order chi connectivity index (χ1) is 12.1. The molecule has 1 saturated carbocycles. The van der Waals surface area contributed by atoms with E-state index in [2.05, 4.69) is 10.6 Å². The highest BCUT2D eigenvalue weighted by Crippen LogP contribution is 2.48. The Morgan fingerprint density at radius 1 is 1.04 bits per heavy atom. The zero-order valence-electron chi connectivity index (χ0n) is 13.3. The van der Waals surface area contributed by atoms with Gasteiger partial charge in [-0.25, -0.2) is 4.79 Å². The molecule has 1 aliphatic carbocycles. The highest BCUT2D eigenvalue weighted by Gasteiger charge is 2.46. The Morgan fingerprint density at radius 2 is 1.80 bits per heavy atom. The van der Waals surface area contributed by atoms with E-state index in [-0.39, 0.29) is 11.6 Å². The highest BCUT2D eigenvalue weighted by molar-refractivity contribution is 6.43. The number of halogens is 2. The Labute approximate surface area is 155 Å². The fourth-order valence-electron chi connectivity index (χ4n) is 2.92. The van der Waals surface area contributed by atoms with Crippen LogP contribution in [0.2, 0.25) is 10.0 Å². The first-order valence-electron chi connectivity index (χ1n) is 8.01. The highest BCUT2D eigenvalue weighted by atomic mass is 35.5. The molecule has 7 heteroatoms. The van der Waals surface area contributed by atoms with Crippen molar-refractivity contribution in [1.82, 2.24) is 5.32 Å². The number of carbonyl (C=O) groups excluding carboxylic acids is 1. The van der Waals surface area contributed by atoms with Crippen molar-refractivity contribution in [2.75, 3.05) is 18.5 Å². The monoisotopic (exact) mass is 378 g/mol. The number of rotatable bonds is 3. The van der Waals surface area contributed by atoms with Crippen molar-refractivity contribution in [2.24, 2.45) is 0 Å². The van der Waals surface area contributed by atoms with Crippen LogP contribution in [0.5, 0.6) is 11.5 Å². The van der Waals surface area contributed by atoms with E-state index in [0.29, 0.717) is 28.9 Å². The second-order valence-corrected chi connectivity index (χ2v) is 6.91.